The Labute approximate surface area is 72.6 Å². The zero-order valence-electron chi connectivity index (χ0n) is 7.42. The van der Waals surface area contributed by atoms with E-state index in [4.69, 9.17) is 5.11 Å². The largest absolute Gasteiger partial charge is 0.481 e. The first-order valence-electron chi connectivity index (χ1n) is 4.36. The topological polar surface area (TPSA) is 52.6 Å². The number of carbonyl (C=O) groups is 1. The van der Waals surface area contributed by atoms with Crippen LogP contribution in [0.5, 0.6) is 0 Å². The molecule has 1 heterocycles. The van der Waals surface area contributed by atoms with Gasteiger partial charge in [-0.1, -0.05) is 0 Å². The first-order chi connectivity index (χ1) is 5.68. The number of hydrogen-bond acceptors (Lipinski definition) is 3. The van der Waals surface area contributed by atoms with Gasteiger partial charge in [0.05, 0.1) is 6.42 Å². The summed E-state index contributed by atoms with van der Waals surface area (Å²) >= 11 is 0. The third-order valence-electron chi connectivity index (χ3n) is 2.09. The molecule has 12 heavy (non-hydrogen) atoms. The number of piperazine rings is 1. The van der Waals surface area contributed by atoms with Crippen LogP contribution in [-0.2, 0) is 4.79 Å². The highest BCUT2D eigenvalue weighted by molar-refractivity contribution is 5.66. The van der Waals surface area contributed by atoms with Crippen LogP contribution in [0.15, 0.2) is 0 Å². The quantitative estimate of drug-likeness (QED) is 0.616. The maximum absolute atomic E-state index is 10.3. The van der Waals surface area contributed by atoms with E-state index in [-0.39, 0.29) is 6.42 Å². The lowest BCUT2D eigenvalue weighted by Crippen LogP contribution is -2.49. The zero-order chi connectivity index (χ0) is 8.97. The van der Waals surface area contributed by atoms with Crippen LogP contribution in [0.4, 0.5) is 0 Å². The van der Waals surface area contributed by atoms with Gasteiger partial charge in [0.1, 0.15) is 0 Å². The molecule has 1 fully saturated rings. The molecule has 0 radical (unpaired) electrons. The van der Waals surface area contributed by atoms with Crippen LogP contribution in [0, 0.1) is 0 Å². The molecule has 0 saturated carbocycles. The van der Waals surface area contributed by atoms with Gasteiger partial charge in [-0.25, -0.2) is 0 Å². The molecular weight excluding hydrogens is 156 g/mol. The summed E-state index contributed by atoms with van der Waals surface area (Å²) in [6.07, 6.45) is 0.257. The van der Waals surface area contributed by atoms with E-state index in [0.717, 1.165) is 19.6 Å². The van der Waals surface area contributed by atoms with E-state index >= 15 is 0 Å². The molecule has 1 saturated heterocycles. The highest BCUT2D eigenvalue weighted by Gasteiger charge is 2.15. The molecule has 0 amide bonds. The van der Waals surface area contributed by atoms with E-state index in [1.54, 1.807) is 0 Å². The number of carboxylic acids is 1. The summed E-state index contributed by atoms with van der Waals surface area (Å²) in [7, 11) is 0. The van der Waals surface area contributed by atoms with Crippen LogP contribution in [-0.4, -0.2) is 48.2 Å². The normalized spacial score (nSPS) is 25.6. The predicted molar refractivity (Wildman–Crippen MR) is 46.2 cm³/mol. The molecule has 0 unspecified atom stereocenters. The average molecular weight is 172 g/mol. The molecule has 1 rings (SSSR count). The van der Waals surface area contributed by atoms with Gasteiger partial charge in [0.25, 0.3) is 0 Å². The summed E-state index contributed by atoms with van der Waals surface area (Å²) in [5.41, 5.74) is 0. The van der Waals surface area contributed by atoms with Gasteiger partial charge in [-0.15, -0.1) is 0 Å². The Hall–Kier alpha value is -0.610. The van der Waals surface area contributed by atoms with Gasteiger partial charge < -0.3 is 10.4 Å². The number of carboxylic acid groups (broad SMARTS) is 1. The molecule has 0 spiro atoms. The van der Waals surface area contributed by atoms with Crippen molar-refractivity contribution in [1.82, 2.24) is 10.2 Å². The standard InChI is InChI=1S/C8H16N2O2/c1-7-6-10(5-3-9-7)4-2-8(11)12/h7,9H,2-6H2,1H3,(H,11,12)/t7-/m0/s1. The second-order valence-electron chi connectivity index (χ2n) is 3.30. The van der Waals surface area contributed by atoms with Crippen molar-refractivity contribution in [3.8, 4) is 0 Å². The Kier molecular flexibility index (Phi) is 3.49. The summed E-state index contributed by atoms with van der Waals surface area (Å²) in [5.74, 6) is -0.707. The first-order valence-corrected chi connectivity index (χ1v) is 4.36. The van der Waals surface area contributed by atoms with Crippen molar-refractivity contribution in [1.29, 1.82) is 0 Å². The van der Waals surface area contributed by atoms with Crippen LogP contribution < -0.4 is 5.32 Å². The molecule has 2 N–H and O–H groups in total. The van der Waals surface area contributed by atoms with Crippen LogP contribution in [0.1, 0.15) is 13.3 Å². The van der Waals surface area contributed by atoms with E-state index in [0.29, 0.717) is 12.6 Å². The molecule has 0 aliphatic carbocycles. The minimum absolute atomic E-state index is 0.257. The number of hydrogen-bond donors (Lipinski definition) is 2. The van der Waals surface area contributed by atoms with Crippen LogP contribution >= 0.6 is 0 Å². The second-order valence-corrected chi connectivity index (χ2v) is 3.30. The molecule has 1 aliphatic heterocycles. The molecule has 4 nitrogen and oxygen atoms in total. The van der Waals surface area contributed by atoms with Crippen molar-refractivity contribution in [2.75, 3.05) is 26.2 Å². The lowest BCUT2D eigenvalue weighted by molar-refractivity contribution is -0.137. The molecule has 1 aliphatic rings. The van der Waals surface area contributed by atoms with Gasteiger partial charge in [-0.2, -0.15) is 0 Å². The molecule has 1 atom stereocenters. The zero-order valence-corrected chi connectivity index (χ0v) is 7.42. The van der Waals surface area contributed by atoms with Gasteiger partial charge in [0.2, 0.25) is 0 Å². The van der Waals surface area contributed by atoms with Gasteiger partial charge in [0, 0.05) is 32.2 Å². The summed E-state index contributed by atoms with van der Waals surface area (Å²) in [4.78, 5) is 12.5. The fourth-order valence-electron chi connectivity index (χ4n) is 1.47. The number of nitrogens with one attached hydrogen (secondary N) is 1. The minimum Gasteiger partial charge on any atom is -0.481 e. The fraction of sp³-hybridized carbons (Fsp3) is 0.875. The van der Waals surface area contributed by atoms with Gasteiger partial charge in [0.15, 0.2) is 0 Å². The average Bonchev–Trinajstić information content (AvgIpc) is 2.01. The highest BCUT2D eigenvalue weighted by Crippen LogP contribution is 1.99. The van der Waals surface area contributed by atoms with Crippen LogP contribution in [0.25, 0.3) is 0 Å². The number of aliphatic carboxylic acids is 1. The Bertz CT molecular complexity index is 161. The predicted octanol–water partition coefficient (Wildman–Crippen LogP) is -0.245. The van der Waals surface area contributed by atoms with E-state index in [1.165, 1.54) is 0 Å². The van der Waals surface area contributed by atoms with E-state index in [2.05, 4.69) is 17.1 Å². The second kappa shape index (κ2) is 4.42. The molecule has 0 aromatic rings. The Morgan fingerprint density at radius 2 is 2.50 bits per heavy atom. The molecule has 0 bridgehead atoms. The third-order valence-corrected chi connectivity index (χ3v) is 2.09. The van der Waals surface area contributed by atoms with E-state index < -0.39 is 5.97 Å². The van der Waals surface area contributed by atoms with Crippen molar-refractivity contribution >= 4 is 5.97 Å². The monoisotopic (exact) mass is 172 g/mol. The summed E-state index contributed by atoms with van der Waals surface area (Å²) in [6, 6.07) is 0.493. The first kappa shape index (κ1) is 9.48. The maximum atomic E-state index is 10.3. The van der Waals surface area contributed by atoms with Gasteiger partial charge in [-0.05, 0) is 6.92 Å². The van der Waals surface area contributed by atoms with Crippen molar-refractivity contribution in [2.24, 2.45) is 0 Å². The molecule has 0 aromatic heterocycles. The SMILES string of the molecule is C[C@H]1CN(CCC(=O)O)CCN1. The van der Waals surface area contributed by atoms with Gasteiger partial charge in [-0.3, -0.25) is 9.69 Å². The Morgan fingerprint density at radius 1 is 1.75 bits per heavy atom. The van der Waals surface area contributed by atoms with Gasteiger partial charge >= 0.3 is 5.97 Å². The number of rotatable bonds is 3. The van der Waals surface area contributed by atoms with Crippen molar-refractivity contribution in [3.05, 3.63) is 0 Å². The van der Waals surface area contributed by atoms with E-state index in [9.17, 15) is 4.79 Å². The maximum Gasteiger partial charge on any atom is 0.304 e. The smallest absolute Gasteiger partial charge is 0.304 e. The molecule has 70 valence electrons. The van der Waals surface area contributed by atoms with Crippen LogP contribution in [0.2, 0.25) is 0 Å². The highest BCUT2D eigenvalue weighted by atomic mass is 16.4. The van der Waals surface area contributed by atoms with Crippen LogP contribution in [0.3, 0.4) is 0 Å². The van der Waals surface area contributed by atoms with E-state index in [1.807, 2.05) is 0 Å². The Morgan fingerprint density at radius 3 is 3.08 bits per heavy atom. The van der Waals surface area contributed by atoms with Crippen molar-refractivity contribution in [2.45, 2.75) is 19.4 Å². The van der Waals surface area contributed by atoms with Crippen molar-refractivity contribution < 1.29 is 9.90 Å². The Balaban J connectivity index is 2.18. The molecule has 4 heteroatoms. The van der Waals surface area contributed by atoms with Crippen molar-refractivity contribution in [3.63, 3.8) is 0 Å². The summed E-state index contributed by atoms with van der Waals surface area (Å²) in [6.45, 7) is 5.71. The summed E-state index contributed by atoms with van der Waals surface area (Å²) in [5, 5.41) is 11.8. The summed E-state index contributed by atoms with van der Waals surface area (Å²) < 4.78 is 0. The third kappa shape index (κ3) is 3.19. The molecular formula is C8H16N2O2. The lowest BCUT2D eigenvalue weighted by atomic mass is 10.2. The minimum atomic E-state index is -0.707. The fourth-order valence-corrected chi connectivity index (χ4v) is 1.47. The molecule has 0 aromatic carbocycles. The number of nitrogens with zero attached hydrogens (tertiary/aromatic N) is 1. The lowest BCUT2D eigenvalue weighted by Gasteiger charge is -2.31.